The third-order valence-electron chi connectivity index (χ3n) is 5.61. The maximum atomic E-state index is 13.4. The number of para-hydroxylation sites is 1. The lowest BCUT2D eigenvalue weighted by Crippen LogP contribution is -2.49. The molecule has 1 aliphatic heterocycles. The van der Waals surface area contributed by atoms with Crippen LogP contribution in [0.5, 0.6) is 0 Å². The third kappa shape index (κ3) is 4.76. The summed E-state index contributed by atoms with van der Waals surface area (Å²) >= 11 is 7.85. The number of carbonyl (C=O) groups excluding carboxylic acids is 1. The van der Waals surface area contributed by atoms with E-state index in [4.69, 9.17) is 11.6 Å². The molecular weight excluding hydrogens is 470 g/mol. The number of carbonyl (C=O) groups is 1. The van der Waals surface area contributed by atoms with Gasteiger partial charge in [0.15, 0.2) is 5.82 Å². The topological polar surface area (TPSA) is 80.0 Å². The van der Waals surface area contributed by atoms with Gasteiger partial charge in [0.25, 0.3) is 5.91 Å². The first-order chi connectivity index (χ1) is 16.7. The molecule has 1 aliphatic rings. The first kappa shape index (κ1) is 22.4. The second kappa shape index (κ2) is 10.2. The summed E-state index contributed by atoms with van der Waals surface area (Å²) in [5.74, 6) is 2.05. The number of aromatic nitrogens is 5. The van der Waals surface area contributed by atoms with Crippen LogP contribution in [0.25, 0.3) is 5.69 Å². The zero-order valence-electron chi connectivity index (χ0n) is 18.3. The number of pyridine rings is 1. The Labute approximate surface area is 206 Å². The molecule has 0 atom stereocenters. The molecule has 0 aliphatic carbocycles. The standard InChI is InChI=1S/C24H22ClN7OS/c25-20-10-6-12-26-23(20)30-13-15-31(16-14-30)24(33)19-9-4-5-11-21(19)34-17-22-27-28-29-32(22)18-7-2-1-3-8-18/h1-12H,13-17H2. The fourth-order valence-corrected chi connectivity index (χ4v) is 5.07. The van der Waals surface area contributed by atoms with Crippen LogP contribution in [-0.2, 0) is 5.75 Å². The van der Waals surface area contributed by atoms with Crippen LogP contribution < -0.4 is 4.90 Å². The van der Waals surface area contributed by atoms with Crippen molar-refractivity contribution < 1.29 is 4.79 Å². The number of hydrogen-bond acceptors (Lipinski definition) is 7. The molecule has 0 N–H and O–H groups in total. The van der Waals surface area contributed by atoms with Crippen molar-refractivity contribution in [2.24, 2.45) is 0 Å². The van der Waals surface area contributed by atoms with Crippen LogP contribution in [0, 0.1) is 0 Å². The Bertz CT molecular complexity index is 1280. The molecule has 0 unspecified atom stereocenters. The Kier molecular flexibility index (Phi) is 6.73. The Morgan fingerprint density at radius 3 is 2.50 bits per heavy atom. The van der Waals surface area contributed by atoms with Crippen LogP contribution in [0.1, 0.15) is 16.2 Å². The van der Waals surface area contributed by atoms with Crippen molar-refractivity contribution in [3.05, 3.63) is 89.3 Å². The van der Waals surface area contributed by atoms with Crippen LogP contribution >= 0.6 is 23.4 Å². The summed E-state index contributed by atoms with van der Waals surface area (Å²) in [6, 6.07) is 21.1. The first-order valence-electron chi connectivity index (χ1n) is 10.9. The van der Waals surface area contributed by atoms with Crippen molar-refractivity contribution in [1.29, 1.82) is 0 Å². The van der Waals surface area contributed by atoms with Gasteiger partial charge in [0.1, 0.15) is 5.82 Å². The average Bonchev–Trinajstić information content (AvgIpc) is 3.37. The number of anilines is 1. The van der Waals surface area contributed by atoms with Gasteiger partial charge in [0.05, 0.1) is 22.0 Å². The molecular formula is C24H22ClN7OS. The second-order valence-electron chi connectivity index (χ2n) is 7.72. The van der Waals surface area contributed by atoms with Crippen molar-refractivity contribution in [1.82, 2.24) is 30.1 Å². The van der Waals surface area contributed by atoms with E-state index in [1.54, 1.807) is 22.6 Å². The van der Waals surface area contributed by atoms with Gasteiger partial charge >= 0.3 is 0 Å². The van der Waals surface area contributed by atoms with Gasteiger partial charge in [-0.2, -0.15) is 4.68 Å². The summed E-state index contributed by atoms with van der Waals surface area (Å²) in [4.78, 5) is 22.7. The molecule has 34 heavy (non-hydrogen) atoms. The maximum Gasteiger partial charge on any atom is 0.255 e. The van der Waals surface area contributed by atoms with Gasteiger partial charge < -0.3 is 9.80 Å². The van der Waals surface area contributed by atoms with Crippen LogP contribution in [-0.4, -0.2) is 62.2 Å². The molecule has 8 nitrogen and oxygen atoms in total. The van der Waals surface area contributed by atoms with Crippen LogP contribution in [0.2, 0.25) is 5.02 Å². The Balaban J connectivity index is 1.27. The lowest BCUT2D eigenvalue weighted by molar-refractivity contribution is 0.0743. The van der Waals surface area contributed by atoms with E-state index in [9.17, 15) is 4.79 Å². The molecule has 0 saturated carbocycles. The van der Waals surface area contributed by atoms with Crippen LogP contribution in [0.3, 0.4) is 0 Å². The van der Waals surface area contributed by atoms with Gasteiger partial charge in [-0.1, -0.05) is 41.9 Å². The number of thioether (sulfide) groups is 1. The van der Waals surface area contributed by atoms with E-state index >= 15 is 0 Å². The molecule has 0 bridgehead atoms. The minimum atomic E-state index is 0.0255. The maximum absolute atomic E-state index is 13.4. The molecule has 0 spiro atoms. The zero-order chi connectivity index (χ0) is 23.3. The lowest BCUT2D eigenvalue weighted by Gasteiger charge is -2.36. The van der Waals surface area contributed by atoms with Gasteiger partial charge in [-0.25, -0.2) is 4.98 Å². The Morgan fingerprint density at radius 2 is 1.71 bits per heavy atom. The summed E-state index contributed by atoms with van der Waals surface area (Å²) in [6.07, 6.45) is 1.74. The molecule has 172 valence electrons. The molecule has 1 fully saturated rings. The predicted octanol–water partition coefficient (Wildman–Crippen LogP) is 3.97. The number of amides is 1. The summed E-state index contributed by atoms with van der Waals surface area (Å²) in [5, 5.41) is 12.8. The molecule has 4 aromatic rings. The zero-order valence-corrected chi connectivity index (χ0v) is 19.9. The molecule has 2 aromatic heterocycles. The quantitative estimate of drug-likeness (QED) is 0.377. The van der Waals surface area contributed by atoms with Crippen molar-refractivity contribution >= 4 is 35.1 Å². The molecule has 5 rings (SSSR count). The van der Waals surface area contributed by atoms with E-state index in [-0.39, 0.29) is 5.91 Å². The van der Waals surface area contributed by atoms with E-state index in [0.717, 1.165) is 22.2 Å². The highest BCUT2D eigenvalue weighted by atomic mass is 35.5. The number of piperazine rings is 1. The largest absolute Gasteiger partial charge is 0.352 e. The average molecular weight is 492 g/mol. The van der Waals surface area contributed by atoms with E-state index < -0.39 is 0 Å². The van der Waals surface area contributed by atoms with E-state index in [0.29, 0.717) is 42.5 Å². The highest BCUT2D eigenvalue weighted by Gasteiger charge is 2.25. The highest BCUT2D eigenvalue weighted by molar-refractivity contribution is 7.98. The number of hydrogen-bond donors (Lipinski definition) is 0. The molecule has 10 heteroatoms. The fourth-order valence-electron chi connectivity index (χ4n) is 3.88. The number of nitrogens with zero attached hydrogens (tertiary/aromatic N) is 7. The van der Waals surface area contributed by atoms with E-state index in [2.05, 4.69) is 25.4 Å². The highest BCUT2D eigenvalue weighted by Crippen LogP contribution is 2.28. The van der Waals surface area contributed by atoms with Crippen LogP contribution in [0.4, 0.5) is 5.82 Å². The molecule has 2 aromatic carbocycles. The second-order valence-corrected chi connectivity index (χ2v) is 9.14. The van der Waals surface area contributed by atoms with Crippen LogP contribution in [0.15, 0.2) is 77.8 Å². The Hall–Kier alpha value is -3.43. The summed E-state index contributed by atoms with van der Waals surface area (Å²) < 4.78 is 1.72. The fraction of sp³-hybridized carbons (Fsp3) is 0.208. The monoisotopic (exact) mass is 491 g/mol. The van der Waals surface area contributed by atoms with Gasteiger partial charge in [-0.15, -0.1) is 16.9 Å². The molecule has 0 radical (unpaired) electrons. The molecule has 1 saturated heterocycles. The molecule has 3 heterocycles. The van der Waals surface area contributed by atoms with Crippen molar-refractivity contribution in [2.45, 2.75) is 10.6 Å². The van der Waals surface area contributed by atoms with Crippen molar-refractivity contribution in [3.63, 3.8) is 0 Å². The van der Waals surface area contributed by atoms with Crippen molar-refractivity contribution in [3.8, 4) is 5.69 Å². The number of tetrazole rings is 1. The van der Waals surface area contributed by atoms with Gasteiger partial charge in [-0.3, -0.25) is 4.79 Å². The SMILES string of the molecule is O=C(c1ccccc1SCc1nnnn1-c1ccccc1)N1CCN(c2ncccc2Cl)CC1. The third-order valence-corrected chi connectivity index (χ3v) is 6.98. The number of benzene rings is 2. The minimum absolute atomic E-state index is 0.0255. The van der Waals surface area contributed by atoms with E-state index in [1.165, 1.54) is 0 Å². The number of halogens is 1. The summed E-state index contributed by atoms with van der Waals surface area (Å²) in [5.41, 5.74) is 1.59. The molecule has 1 amide bonds. The smallest absolute Gasteiger partial charge is 0.255 e. The van der Waals surface area contributed by atoms with Gasteiger partial charge in [0.2, 0.25) is 0 Å². The minimum Gasteiger partial charge on any atom is -0.352 e. The van der Waals surface area contributed by atoms with Gasteiger partial charge in [-0.05, 0) is 46.8 Å². The Morgan fingerprint density at radius 1 is 0.941 bits per heavy atom. The summed E-state index contributed by atoms with van der Waals surface area (Å²) in [7, 11) is 0. The summed E-state index contributed by atoms with van der Waals surface area (Å²) in [6.45, 7) is 2.58. The predicted molar refractivity (Wildman–Crippen MR) is 133 cm³/mol. The van der Waals surface area contributed by atoms with E-state index in [1.807, 2.05) is 71.6 Å². The normalized spacial score (nSPS) is 13.8. The first-order valence-corrected chi connectivity index (χ1v) is 12.3. The lowest BCUT2D eigenvalue weighted by atomic mass is 10.2. The number of rotatable bonds is 6. The van der Waals surface area contributed by atoms with Gasteiger partial charge in [0, 0.05) is 37.3 Å². The van der Waals surface area contributed by atoms with Crippen molar-refractivity contribution in [2.75, 3.05) is 31.1 Å².